The topological polar surface area (TPSA) is 0 Å². The molecular formula is C27H48. The third-order valence-electron chi connectivity index (χ3n) is 10.8. The lowest BCUT2D eigenvalue weighted by Crippen LogP contribution is -2.53. The highest BCUT2D eigenvalue weighted by molar-refractivity contribution is 5.09. The summed E-state index contributed by atoms with van der Waals surface area (Å²) in [6, 6.07) is 0. The van der Waals surface area contributed by atoms with Crippen molar-refractivity contribution in [3.63, 3.8) is 0 Å². The fraction of sp³-hybridized carbons (Fsp3) is 1.00. The van der Waals surface area contributed by atoms with Crippen LogP contribution in [0.2, 0.25) is 0 Å². The lowest BCUT2D eigenvalue weighted by atomic mass is 9.44. The van der Waals surface area contributed by atoms with Crippen molar-refractivity contribution in [1.29, 1.82) is 0 Å². The Kier molecular flexibility index (Phi) is 5.77. The van der Waals surface area contributed by atoms with Crippen LogP contribution in [-0.4, -0.2) is 0 Å². The van der Waals surface area contributed by atoms with Gasteiger partial charge >= 0.3 is 0 Å². The first-order chi connectivity index (χ1) is 12.9. The molecule has 0 unspecified atom stereocenters. The molecule has 0 spiro atoms. The molecule has 0 amide bonds. The van der Waals surface area contributed by atoms with Crippen molar-refractivity contribution < 1.29 is 0 Å². The predicted octanol–water partition coefficient (Wildman–Crippen LogP) is 8.50. The molecule has 0 saturated heterocycles. The molecule has 0 aliphatic heterocycles. The van der Waals surface area contributed by atoms with E-state index in [9.17, 15) is 0 Å². The average molecular weight is 373 g/mol. The Labute approximate surface area is 170 Å². The fourth-order valence-corrected chi connectivity index (χ4v) is 9.32. The van der Waals surface area contributed by atoms with Crippen LogP contribution in [0.25, 0.3) is 0 Å². The van der Waals surface area contributed by atoms with Crippen LogP contribution in [-0.2, 0) is 0 Å². The van der Waals surface area contributed by atoms with E-state index in [1.54, 1.807) is 51.4 Å². The maximum Gasteiger partial charge on any atom is -0.0264 e. The summed E-state index contributed by atoms with van der Waals surface area (Å²) < 4.78 is 0. The summed E-state index contributed by atoms with van der Waals surface area (Å²) in [5.74, 6) is 7.15. The molecule has 0 aromatic carbocycles. The van der Waals surface area contributed by atoms with Crippen LogP contribution in [0.1, 0.15) is 118 Å². The van der Waals surface area contributed by atoms with E-state index in [2.05, 4.69) is 34.6 Å². The summed E-state index contributed by atoms with van der Waals surface area (Å²) in [5, 5.41) is 0. The Morgan fingerprint density at radius 3 is 2.30 bits per heavy atom. The highest BCUT2D eigenvalue weighted by Gasteiger charge is 2.59. The van der Waals surface area contributed by atoms with Crippen LogP contribution in [0.3, 0.4) is 0 Å². The molecule has 4 aliphatic carbocycles. The summed E-state index contributed by atoms with van der Waals surface area (Å²) in [4.78, 5) is 0. The molecule has 0 heterocycles. The molecule has 0 bridgehead atoms. The van der Waals surface area contributed by atoms with Crippen LogP contribution in [0, 0.1) is 52.3 Å². The van der Waals surface area contributed by atoms with Gasteiger partial charge in [-0.05, 0) is 104 Å². The molecule has 0 nitrogen and oxygen atoms in total. The molecule has 8 atom stereocenters. The highest BCUT2D eigenvalue weighted by Crippen LogP contribution is 2.68. The molecule has 0 aromatic heterocycles. The molecule has 156 valence electrons. The van der Waals surface area contributed by atoms with Crippen molar-refractivity contribution in [1.82, 2.24) is 0 Å². The quantitative estimate of drug-likeness (QED) is 0.453. The molecule has 27 heavy (non-hydrogen) atoms. The normalized spacial score (nSPS) is 48.0. The fourth-order valence-electron chi connectivity index (χ4n) is 9.32. The summed E-state index contributed by atoms with van der Waals surface area (Å²) in [7, 11) is 0. The molecule has 0 N–H and O–H groups in total. The Morgan fingerprint density at radius 2 is 1.52 bits per heavy atom. The van der Waals surface area contributed by atoms with Gasteiger partial charge in [-0.1, -0.05) is 66.7 Å². The van der Waals surface area contributed by atoms with Crippen molar-refractivity contribution in [2.24, 2.45) is 52.3 Å². The van der Waals surface area contributed by atoms with Gasteiger partial charge in [-0.15, -0.1) is 0 Å². The van der Waals surface area contributed by atoms with Gasteiger partial charge in [0, 0.05) is 0 Å². The van der Waals surface area contributed by atoms with Crippen molar-refractivity contribution in [2.45, 2.75) is 118 Å². The van der Waals surface area contributed by atoms with E-state index in [4.69, 9.17) is 0 Å². The largest absolute Gasteiger partial charge is 0.0628 e. The maximum absolute atomic E-state index is 2.75. The minimum Gasteiger partial charge on any atom is -0.0628 e. The van der Waals surface area contributed by atoms with E-state index in [0.717, 1.165) is 41.4 Å². The first-order valence-electron chi connectivity index (χ1n) is 12.9. The lowest BCUT2D eigenvalue weighted by molar-refractivity contribution is -0.114. The zero-order chi connectivity index (χ0) is 19.2. The van der Waals surface area contributed by atoms with Gasteiger partial charge in [0.1, 0.15) is 0 Å². The third kappa shape index (κ3) is 3.44. The predicted molar refractivity (Wildman–Crippen MR) is 118 cm³/mol. The minimum absolute atomic E-state index is 0.677. The number of hydrogen-bond acceptors (Lipinski definition) is 0. The van der Waals surface area contributed by atoms with Crippen LogP contribution < -0.4 is 0 Å². The Balaban J connectivity index is 1.46. The zero-order valence-electron chi connectivity index (χ0n) is 19.2. The number of rotatable bonds is 5. The molecule has 4 rings (SSSR count). The molecular weight excluding hydrogens is 324 g/mol. The van der Waals surface area contributed by atoms with Crippen LogP contribution in [0.15, 0.2) is 0 Å². The summed E-state index contributed by atoms with van der Waals surface area (Å²) in [6.07, 6.45) is 19.9. The first kappa shape index (κ1) is 20.3. The third-order valence-corrected chi connectivity index (χ3v) is 10.8. The Bertz CT molecular complexity index is 506. The second-order valence-electron chi connectivity index (χ2n) is 12.4. The highest BCUT2D eigenvalue weighted by atomic mass is 14.6. The van der Waals surface area contributed by atoms with Gasteiger partial charge in [-0.25, -0.2) is 0 Å². The van der Waals surface area contributed by atoms with Gasteiger partial charge in [-0.2, -0.15) is 0 Å². The molecule has 0 aromatic rings. The van der Waals surface area contributed by atoms with Gasteiger partial charge < -0.3 is 0 Å². The van der Waals surface area contributed by atoms with Crippen LogP contribution in [0.5, 0.6) is 0 Å². The van der Waals surface area contributed by atoms with Crippen molar-refractivity contribution >= 4 is 0 Å². The van der Waals surface area contributed by atoms with Gasteiger partial charge in [0.2, 0.25) is 0 Å². The van der Waals surface area contributed by atoms with E-state index in [1.807, 2.05) is 0 Å². The lowest BCUT2D eigenvalue weighted by Gasteiger charge is -2.61. The zero-order valence-corrected chi connectivity index (χ0v) is 19.2. The van der Waals surface area contributed by atoms with Gasteiger partial charge in [0.15, 0.2) is 0 Å². The second-order valence-corrected chi connectivity index (χ2v) is 12.4. The summed E-state index contributed by atoms with van der Waals surface area (Å²) in [5.41, 5.74) is 1.39. The average Bonchev–Trinajstić information content (AvgIpc) is 2.98. The van der Waals surface area contributed by atoms with Crippen molar-refractivity contribution in [3.8, 4) is 0 Å². The van der Waals surface area contributed by atoms with E-state index in [1.165, 1.54) is 32.1 Å². The molecule has 4 saturated carbocycles. The van der Waals surface area contributed by atoms with E-state index in [-0.39, 0.29) is 0 Å². The molecule has 0 radical (unpaired) electrons. The smallest absolute Gasteiger partial charge is 0.0264 e. The van der Waals surface area contributed by atoms with Crippen molar-refractivity contribution in [3.05, 3.63) is 0 Å². The van der Waals surface area contributed by atoms with Gasteiger partial charge in [0.05, 0.1) is 0 Å². The molecule has 0 heteroatoms. The second kappa shape index (κ2) is 7.68. The summed E-state index contributed by atoms with van der Waals surface area (Å²) >= 11 is 0. The van der Waals surface area contributed by atoms with E-state index in [0.29, 0.717) is 10.8 Å². The minimum atomic E-state index is 0.677. The van der Waals surface area contributed by atoms with Gasteiger partial charge in [0.25, 0.3) is 0 Å². The standard InChI is InChI=1S/C27H48/c1-19(2)9-8-10-20(3)23-14-15-24-22-13-12-21-11-6-7-17-26(21,4)25(22)16-18-27(23,24)5/h19-25H,6-18H2,1-5H3/t20-,21-,22-,23+,24+,25-,26-,27+/m0/s1. The Hall–Kier alpha value is 0. The van der Waals surface area contributed by atoms with Gasteiger partial charge in [-0.3, -0.25) is 0 Å². The number of hydrogen-bond donors (Lipinski definition) is 0. The first-order valence-corrected chi connectivity index (χ1v) is 12.9. The summed E-state index contributed by atoms with van der Waals surface area (Å²) in [6.45, 7) is 12.9. The molecule has 4 aliphatic rings. The molecule has 4 fully saturated rings. The van der Waals surface area contributed by atoms with Crippen molar-refractivity contribution in [2.75, 3.05) is 0 Å². The van der Waals surface area contributed by atoms with Crippen LogP contribution in [0.4, 0.5) is 0 Å². The Morgan fingerprint density at radius 1 is 0.741 bits per heavy atom. The van der Waals surface area contributed by atoms with Crippen LogP contribution >= 0.6 is 0 Å². The number of fused-ring (bicyclic) bond motifs is 5. The SMILES string of the molecule is CC(C)CCC[C@H](C)[C@H]1CC[C@@H]2[C@@H]3CC[C@@H]4CCCC[C@]4(C)[C@H]3CC[C@@]21C. The monoisotopic (exact) mass is 372 g/mol. The maximum atomic E-state index is 2.75. The van der Waals surface area contributed by atoms with E-state index < -0.39 is 0 Å². The van der Waals surface area contributed by atoms with E-state index >= 15 is 0 Å².